The van der Waals surface area contributed by atoms with Gasteiger partial charge in [-0.05, 0) is 49.9 Å². The Morgan fingerprint density at radius 1 is 1.11 bits per heavy atom. The molecule has 7 heteroatoms. The summed E-state index contributed by atoms with van der Waals surface area (Å²) in [7, 11) is 0. The summed E-state index contributed by atoms with van der Waals surface area (Å²) in [5, 5.41) is 7.17. The molecule has 1 saturated heterocycles. The second kappa shape index (κ2) is 6.87. The Labute approximate surface area is 158 Å². The Balaban J connectivity index is 1.11. The lowest BCUT2D eigenvalue weighted by Gasteiger charge is -2.39. The van der Waals surface area contributed by atoms with Crippen molar-refractivity contribution in [2.45, 2.75) is 56.6 Å². The summed E-state index contributed by atoms with van der Waals surface area (Å²) >= 11 is 0. The highest BCUT2D eigenvalue weighted by Gasteiger charge is 2.33. The van der Waals surface area contributed by atoms with E-state index in [0.29, 0.717) is 30.9 Å². The lowest BCUT2D eigenvalue weighted by molar-refractivity contribution is 0.0435. The SMILES string of the molecule is O=C(NC1CCCC1)N1CC(Oc2ccc(-c3noc(C4CC4)n3)cc2)C1. The van der Waals surface area contributed by atoms with Crippen LogP contribution in [0.4, 0.5) is 4.79 Å². The van der Waals surface area contributed by atoms with Crippen LogP contribution in [0.25, 0.3) is 11.4 Å². The lowest BCUT2D eigenvalue weighted by Crippen LogP contribution is -2.59. The molecule has 0 unspecified atom stereocenters. The number of carbonyl (C=O) groups excluding carboxylic acids is 1. The number of benzene rings is 1. The maximum Gasteiger partial charge on any atom is 0.317 e. The van der Waals surface area contributed by atoms with Gasteiger partial charge in [-0.1, -0.05) is 18.0 Å². The number of carbonyl (C=O) groups is 1. The summed E-state index contributed by atoms with van der Waals surface area (Å²) in [5.41, 5.74) is 0.921. The minimum Gasteiger partial charge on any atom is -0.487 e. The van der Waals surface area contributed by atoms with Crippen molar-refractivity contribution in [2.75, 3.05) is 13.1 Å². The molecule has 2 amide bonds. The molecule has 0 spiro atoms. The first-order chi connectivity index (χ1) is 13.2. The van der Waals surface area contributed by atoms with Gasteiger partial charge in [-0.3, -0.25) is 0 Å². The first-order valence-corrected chi connectivity index (χ1v) is 9.91. The average Bonchev–Trinajstić information content (AvgIpc) is 3.15. The Morgan fingerprint density at radius 2 is 1.85 bits per heavy atom. The Bertz CT molecular complexity index is 803. The van der Waals surface area contributed by atoms with Crippen LogP contribution in [0, 0.1) is 0 Å². The van der Waals surface area contributed by atoms with Crippen LogP contribution in [-0.2, 0) is 0 Å². The minimum absolute atomic E-state index is 0.0423. The predicted molar refractivity (Wildman–Crippen MR) is 98.5 cm³/mol. The van der Waals surface area contributed by atoms with Crippen molar-refractivity contribution in [3.05, 3.63) is 30.2 Å². The maximum atomic E-state index is 12.2. The Morgan fingerprint density at radius 3 is 2.56 bits per heavy atom. The van der Waals surface area contributed by atoms with E-state index < -0.39 is 0 Å². The fourth-order valence-corrected chi connectivity index (χ4v) is 3.74. The molecule has 1 aromatic carbocycles. The standard InChI is InChI=1S/C20H24N4O3/c25-20(21-15-3-1-2-4-15)24-11-17(12-24)26-16-9-7-13(8-10-16)18-22-19(27-23-18)14-5-6-14/h7-10,14-15,17H,1-6,11-12H2,(H,21,25). The summed E-state index contributed by atoms with van der Waals surface area (Å²) < 4.78 is 11.3. The molecule has 2 aromatic rings. The fraction of sp³-hybridized carbons (Fsp3) is 0.550. The predicted octanol–water partition coefficient (Wildman–Crippen LogP) is 3.33. The molecular weight excluding hydrogens is 344 g/mol. The Hall–Kier alpha value is -2.57. The van der Waals surface area contributed by atoms with Gasteiger partial charge < -0.3 is 19.5 Å². The van der Waals surface area contributed by atoms with Gasteiger partial charge >= 0.3 is 6.03 Å². The van der Waals surface area contributed by atoms with Crippen LogP contribution < -0.4 is 10.1 Å². The molecule has 0 radical (unpaired) electrons. The van der Waals surface area contributed by atoms with E-state index >= 15 is 0 Å². The minimum atomic E-state index is 0.0423. The van der Waals surface area contributed by atoms with Crippen LogP contribution in [0.3, 0.4) is 0 Å². The van der Waals surface area contributed by atoms with Crippen LogP contribution in [0.15, 0.2) is 28.8 Å². The van der Waals surface area contributed by atoms with Crippen LogP contribution in [0.5, 0.6) is 5.75 Å². The number of nitrogens with one attached hydrogen (secondary N) is 1. The molecule has 2 aliphatic carbocycles. The van der Waals surface area contributed by atoms with E-state index in [1.165, 1.54) is 12.8 Å². The number of rotatable bonds is 5. The Kier molecular flexibility index (Phi) is 4.22. The van der Waals surface area contributed by atoms with Crippen LogP contribution in [-0.4, -0.2) is 46.3 Å². The van der Waals surface area contributed by atoms with Crippen molar-refractivity contribution in [3.63, 3.8) is 0 Å². The van der Waals surface area contributed by atoms with Gasteiger partial charge in [0.15, 0.2) is 0 Å². The molecule has 0 bridgehead atoms. The number of amides is 2. The van der Waals surface area contributed by atoms with E-state index in [1.807, 2.05) is 29.2 Å². The zero-order valence-electron chi connectivity index (χ0n) is 15.3. The first kappa shape index (κ1) is 16.6. The van der Waals surface area contributed by atoms with E-state index in [0.717, 1.165) is 42.9 Å². The number of hydrogen-bond donors (Lipinski definition) is 1. The third-order valence-electron chi connectivity index (χ3n) is 5.60. The lowest BCUT2D eigenvalue weighted by atomic mass is 10.1. The van der Waals surface area contributed by atoms with Crippen molar-refractivity contribution >= 4 is 6.03 Å². The quantitative estimate of drug-likeness (QED) is 0.876. The van der Waals surface area contributed by atoms with Crippen molar-refractivity contribution in [1.29, 1.82) is 0 Å². The smallest absolute Gasteiger partial charge is 0.317 e. The highest BCUT2D eigenvalue weighted by atomic mass is 16.5. The summed E-state index contributed by atoms with van der Waals surface area (Å²) in [6.07, 6.45) is 6.99. The molecule has 27 heavy (non-hydrogen) atoms. The number of aromatic nitrogens is 2. The van der Waals surface area contributed by atoms with Gasteiger partial charge in [-0.25, -0.2) is 4.79 Å². The highest BCUT2D eigenvalue weighted by Crippen LogP contribution is 2.39. The van der Waals surface area contributed by atoms with Crippen LogP contribution in [0.1, 0.15) is 50.3 Å². The van der Waals surface area contributed by atoms with E-state index in [-0.39, 0.29) is 12.1 Å². The van der Waals surface area contributed by atoms with Gasteiger partial charge in [0.05, 0.1) is 13.1 Å². The molecular formula is C20H24N4O3. The fourth-order valence-electron chi connectivity index (χ4n) is 3.74. The molecule has 142 valence electrons. The van der Waals surface area contributed by atoms with Crippen LogP contribution in [0.2, 0.25) is 0 Å². The largest absolute Gasteiger partial charge is 0.487 e. The monoisotopic (exact) mass is 368 g/mol. The van der Waals surface area contributed by atoms with Gasteiger partial charge in [0.1, 0.15) is 11.9 Å². The van der Waals surface area contributed by atoms with Gasteiger partial charge in [-0.15, -0.1) is 0 Å². The summed E-state index contributed by atoms with van der Waals surface area (Å²) in [6, 6.07) is 8.13. The molecule has 1 N–H and O–H groups in total. The first-order valence-electron chi connectivity index (χ1n) is 9.91. The third kappa shape index (κ3) is 3.63. The topological polar surface area (TPSA) is 80.5 Å². The summed E-state index contributed by atoms with van der Waals surface area (Å²) in [4.78, 5) is 18.4. The van der Waals surface area contributed by atoms with Crippen molar-refractivity contribution < 1.29 is 14.1 Å². The normalized spacial score (nSPS) is 20.5. The van der Waals surface area contributed by atoms with E-state index in [2.05, 4.69) is 15.5 Å². The zero-order valence-corrected chi connectivity index (χ0v) is 15.3. The number of hydrogen-bond acceptors (Lipinski definition) is 5. The number of ether oxygens (including phenoxy) is 1. The van der Waals surface area contributed by atoms with Crippen molar-refractivity contribution in [2.24, 2.45) is 0 Å². The molecule has 1 aromatic heterocycles. The third-order valence-corrected chi connectivity index (χ3v) is 5.60. The molecule has 2 saturated carbocycles. The second-order valence-corrected chi connectivity index (χ2v) is 7.83. The molecule has 3 fully saturated rings. The van der Waals surface area contributed by atoms with E-state index in [9.17, 15) is 4.79 Å². The highest BCUT2D eigenvalue weighted by molar-refractivity contribution is 5.75. The van der Waals surface area contributed by atoms with Gasteiger partial charge in [0.2, 0.25) is 11.7 Å². The van der Waals surface area contributed by atoms with E-state index in [4.69, 9.17) is 9.26 Å². The second-order valence-electron chi connectivity index (χ2n) is 7.83. The maximum absolute atomic E-state index is 12.2. The van der Waals surface area contributed by atoms with Crippen molar-refractivity contribution in [1.82, 2.24) is 20.4 Å². The molecule has 7 nitrogen and oxygen atoms in total. The molecule has 2 heterocycles. The number of nitrogens with zero attached hydrogens (tertiary/aromatic N) is 3. The van der Waals surface area contributed by atoms with E-state index in [1.54, 1.807) is 0 Å². The van der Waals surface area contributed by atoms with Gasteiger partial charge in [-0.2, -0.15) is 4.98 Å². The number of likely N-dealkylation sites (tertiary alicyclic amines) is 1. The average molecular weight is 368 g/mol. The van der Waals surface area contributed by atoms with Gasteiger partial charge in [0.25, 0.3) is 0 Å². The molecule has 5 rings (SSSR count). The molecule has 0 atom stereocenters. The zero-order chi connectivity index (χ0) is 18.2. The number of urea groups is 1. The summed E-state index contributed by atoms with van der Waals surface area (Å²) in [5.74, 6) is 2.63. The van der Waals surface area contributed by atoms with Crippen LogP contribution >= 0.6 is 0 Å². The van der Waals surface area contributed by atoms with Crippen molar-refractivity contribution in [3.8, 4) is 17.1 Å². The molecule has 3 aliphatic rings. The molecule has 1 aliphatic heterocycles. The summed E-state index contributed by atoms with van der Waals surface area (Å²) in [6.45, 7) is 1.27. The van der Waals surface area contributed by atoms with Gasteiger partial charge in [0, 0.05) is 17.5 Å².